The molecule has 3 aliphatic rings. The summed E-state index contributed by atoms with van der Waals surface area (Å²) in [7, 11) is 1.75. The number of fused-ring (bicyclic) bond motifs is 2. The molecule has 8 nitrogen and oxygen atoms in total. The van der Waals surface area contributed by atoms with Crippen molar-refractivity contribution in [3.63, 3.8) is 0 Å². The third kappa shape index (κ3) is 4.49. The van der Waals surface area contributed by atoms with Gasteiger partial charge in [0.1, 0.15) is 5.82 Å². The largest absolute Gasteiger partial charge is 0.381 e. The van der Waals surface area contributed by atoms with E-state index in [1.807, 2.05) is 48.2 Å². The number of nitrogens with one attached hydrogen (secondary N) is 1. The van der Waals surface area contributed by atoms with Crippen molar-refractivity contribution in [3.8, 4) is 0 Å². The van der Waals surface area contributed by atoms with E-state index in [-0.39, 0.29) is 17.9 Å². The van der Waals surface area contributed by atoms with Crippen LogP contribution in [0.1, 0.15) is 43.7 Å². The maximum atomic E-state index is 13.9. The summed E-state index contributed by atoms with van der Waals surface area (Å²) < 4.78 is 5.53. The van der Waals surface area contributed by atoms with E-state index in [1.165, 1.54) is 5.12 Å². The Morgan fingerprint density at radius 2 is 2.06 bits per heavy atom. The molecule has 0 spiro atoms. The van der Waals surface area contributed by atoms with Crippen molar-refractivity contribution in [1.82, 2.24) is 10.1 Å². The number of hydrogen-bond acceptors (Lipinski definition) is 7. The van der Waals surface area contributed by atoms with Gasteiger partial charge in [0.05, 0.1) is 29.7 Å². The van der Waals surface area contributed by atoms with Crippen molar-refractivity contribution in [1.29, 1.82) is 0 Å². The summed E-state index contributed by atoms with van der Waals surface area (Å²) in [6.07, 6.45) is 11.0. The average Bonchev–Trinajstić information content (AvgIpc) is 3.08. The van der Waals surface area contributed by atoms with Gasteiger partial charge in [-0.25, -0.2) is 4.98 Å². The van der Waals surface area contributed by atoms with E-state index in [0.29, 0.717) is 6.54 Å². The Morgan fingerprint density at radius 1 is 1.23 bits per heavy atom. The summed E-state index contributed by atoms with van der Waals surface area (Å²) in [5.74, 6) is 0.909. The van der Waals surface area contributed by atoms with Crippen molar-refractivity contribution in [2.24, 2.45) is 16.1 Å². The first-order valence-corrected chi connectivity index (χ1v) is 12.0. The first-order valence-electron chi connectivity index (χ1n) is 12.0. The van der Waals surface area contributed by atoms with E-state index in [0.717, 1.165) is 65.3 Å². The molecule has 1 fully saturated rings. The molecule has 0 saturated heterocycles. The third-order valence-corrected chi connectivity index (χ3v) is 7.07. The summed E-state index contributed by atoms with van der Waals surface area (Å²) in [6, 6.07) is 10.1. The lowest BCUT2D eigenvalue weighted by Gasteiger charge is -2.32. The zero-order valence-corrected chi connectivity index (χ0v) is 20.1. The highest BCUT2D eigenvalue weighted by atomic mass is 16.5. The quantitative estimate of drug-likeness (QED) is 0.630. The molecule has 5 rings (SSSR count). The van der Waals surface area contributed by atoms with Crippen LogP contribution in [0.3, 0.4) is 0 Å². The van der Waals surface area contributed by atoms with E-state index in [9.17, 15) is 4.79 Å². The zero-order chi connectivity index (χ0) is 24.4. The second-order valence-electron chi connectivity index (χ2n) is 9.07. The van der Waals surface area contributed by atoms with Crippen LogP contribution >= 0.6 is 0 Å². The maximum Gasteiger partial charge on any atom is 0.230 e. The topological polar surface area (TPSA) is 82.4 Å². The second-order valence-corrected chi connectivity index (χ2v) is 9.07. The minimum Gasteiger partial charge on any atom is -0.381 e. The normalized spacial score (nSPS) is 22.6. The van der Waals surface area contributed by atoms with Gasteiger partial charge in [0, 0.05) is 37.7 Å². The number of carbonyl (C=O) groups excluding carboxylic acids is 1. The number of anilines is 3. The molecular formula is C27H30N6O2. The molecule has 1 aromatic carbocycles. The lowest BCUT2D eigenvalue weighted by molar-refractivity contribution is -0.124. The number of rotatable bonds is 4. The maximum absolute atomic E-state index is 13.9. The summed E-state index contributed by atoms with van der Waals surface area (Å²) in [5, 5.41) is 13.2. The number of pyridine rings is 1. The molecule has 2 aromatic rings. The molecule has 3 heterocycles. The van der Waals surface area contributed by atoms with E-state index in [1.54, 1.807) is 19.5 Å². The Morgan fingerprint density at radius 3 is 2.83 bits per heavy atom. The summed E-state index contributed by atoms with van der Waals surface area (Å²) in [4.78, 5) is 20.4. The van der Waals surface area contributed by atoms with Crippen LogP contribution < -0.4 is 10.2 Å². The Balaban J connectivity index is 1.55. The van der Waals surface area contributed by atoms with Crippen LogP contribution in [-0.4, -0.2) is 42.2 Å². The van der Waals surface area contributed by atoms with Crippen molar-refractivity contribution in [3.05, 3.63) is 65.5 Å². The van der Waals surface area contributed by atoms with Crippen LogP contribution in [0.5, 0.6) is 0 Å². The molecule has 180 valence electrons. The Labute approximate surface area is 205 Å². The van der Waals surface area contributed by atoms with Gasteiger partial charge in [0.25, 0.3) is 0 Å². The van der Waals surface area contributed by atoms with Gasteiger partial charge < -0.3 is 15.0 Å². The van der Waals surface area contributed by atoms with Crippen LogP contribution in [-0.2, 0) is 16.1 Å². The Hall–Kier alpha value is -3.78. The van der Waals surface area contributed by atoms with Gasteiger partial charge in [-0.05, 0) is 74.1 Å². The predicted octanol–water partition coefficient (Wildman–Crippen LogP) is 5.08. The van der Waals surface area contributed by atoms with Crippen molar-refractivity contribution in [2.75, 3.05) is 17.3 Å². The lowest BCUT2D eigenvalue weighted by atomic mass is 9.86. The van der Waals surface area contributed by atoms with Crippen LogP contribution in [0, 0.1) is 5.92 Å². The fourth-order valence-corrected chi connectivity index (χ4v) is 5.02. The first-order chi connectivity index (χ1) is 17.1. The number of carbonyl (C=O) groups is 1. The number of hydrazone groups is 2. The number of methoxy groups -OCH3 is 1. The molecule has 1 N–H and O–H groups in total. The van der Waals surface area contributed by atoms with Crippen molar-refractivity contribution >= 4 is 41.6 Å². The molecule has 35 heavy (non-hydrogen) atoms. The molecule has 0 radical (unpaired) electrons. The highest BCUT2D eigenvalue weighted by Crippen LogP contribution is 2.39. The van der Waals surface area contributed by atoms with Gasteiger partial charge in [-0.1, -0.05) is 12.1 Å². The number of nitrogens with zero attached hydrogens (tertiary/aromatic N) is 5. The SMILES string of the molecule is C=NN1N=CC=C/C1=C(/C)c1ccc2c(c1)N(C(=O)C1CCC(OC)CC1)Cc1cccnc1N2. The average molecular weight is 471 g/mol. The standard InChI is InChI=1S/C27H30N6O2/c1-18(24-7-5-15-30-33(24)28-2)20-10-13-23-25(16-20)32(17-21-6-4-14-29-26(21)31-23)27(34)19-8-11-22(35-3)12-9-19/h4-7,10,13-16,19,22H,2,8-9,11-12,17H2,1,3H3,(H,29,31)/b24-18+. The van der Waals surface area contributed by atoms with Crippen LogP contribution in [0.15, 0.2) is 64.6 Å². The molecule has 1 saturated carbocycles. The summed E-state index contributed by atoms with van der Waals surface area (Å²) in [6.45, 7) is 6.12. The van der Waals surface area contributed by atoms with E-state index in [2.05, 4.69) is 33.3 Å². The number of hydrogen-bond donors (Lipinski definition) is 1. The third-order valence-electron chi connectivity index (χ3n) is 7.07. The molecule has 0 bridgehead atoms. The zero-order valence-electron chi connectivity index (χ0n) is 20.1. The monoisotopic (exact) mass is 470 g/mol. The number of ether oxygens (including phenoxy) is 1. The Kier molecular flexibility index (Phi) is 6.46. The molecule has 1 aliphatic carbocycles. The summed E-state index contributed by atoms with van der Waals surface area (Å²) >= 11 is 0. The fraction of sp³-hybridized carbons (Fsp3) is 0.333. The predicted molar refractivity (Wildman–Crippen MR) is 140 cm³/mol. The van der Waals surface area contributed by atoms with Gasteiger partial charge in [-0.2, -0.15) is 15.3 Å². The molecule has 1 amide bonds. The van der Waals surface area contributed by atoms with Crippen LogP contribution in [0.25, 0.3) is 5.57 Å². The minimum absolute atomic E-state index is 0.0216. The Bertz CT molecular complexity index is 1230. The number of aromatic nitrogens is 1. The van der Waals surface area contributed by atoms with Crippen molar-refractivity contribution < 1.29 is 9.53 Å². The summed E-state index contributed by atoms with van der Waals surface area (Å²) in [5.41, 5.74) is 5.51. The van der Waals surface area contributed by atoms with E-state index >= 15 is 0 Å². The number of benzene rings is 1. The first kappa shape index (κ1) is 23.0. The van der Waals surface area contributed by atoms with Crippen molar-refractivity contribution in [2.45, 2.75) is 45.3 Å². The molecule has 2 aliphatic heterocycles. The fourth-order valence-electron chi connectivity index (χ4n) is 5.02. The lowest BCUT2D eigenvalue weighted by Crippen LogP contribution is -2.38. The highest BCUT2D eigenvalue weighted by molar-refractivity contribution is 6.00. The van der Waals surface area contributed by atoms with Gasteiger partial charge in [0.2, 0.25) is 5.91 Å². The van der Waals surface area contributed by atoms with Gasteiger partial charge in [0.15, 0.2) is 0 Å². The van der Waals surface area contributed by atoms with Gasteiger partial charge >= 0.3 is 0 Å². The molecule has 0 unspecified atom stereocenters. The molecular weight excluding hydrogens is 440 g/mol. The smallest absolute Gasteiger partial charge is 0.230 e. The van der Waals surface area contributed by atoms with E-state index < -0.39 is 0 Å². The molecule has 8 heteroatoms. The minimum atomic E-state index is -0.0216. The van der Waals surface area contributed by atoms with Crippen LogP contribution in [0.4, 0.5) is 17.2 Å². The molecule has 1 aromatic heterocycles. The van der Waals surface area contributed by atoms with Gasteiger partial charge in [-0.15, -0.1) is 0 Å². The van der Waals surface area contributed by atoms with Crippen LogP contribution in [0.2, 0.25) is 0 Å². The number of allylic oxidation sites excluding steroid dienone is 3. The molecule has 0 atom stereocenters. The van der Waals surface area contributed by atoms with E-state index in [4.69, 9.17) is 4.74 Å². The highest BCUT2D eigenvalue weighted by Gasteiger charge is 2.33. The number of amides is 1. The van der Waals surface area contributed by atoms with Gasteiger partial charge in [-0.3, -0.25) is 4.79 Å². The second kappa shape index (κ2) is 9.84.